The van der Waals surface area contributed by atoms with Crippen molar-refractivity contribution in [3.05, 3.63) is 11.9 Å². The predicted octanol–water partition coefficient (Wildman–Crippen LogP) is 1.54. The molecule has 0 atom stereocenters. The van der Waals surface area contributed by atoms with Crippen LogP contribution in [0.3, 0.4) is 0 Å². The Morgan fingerprint density at radius 2 is 2.12 bits per heavy atom. The molecule has 0 bridgehead atoms. The second kappa shape index (κ2) is 5.12. The van der Waals surface area contributed by atoms with Crippen LogP contribution in [0.15, 0.2) is 6.33 Å². The summed E-state index contributed by atoms with van der Waals surface area (Å²) in [5.41, 5.74) is 3.67. The summed E-state index contributed by atoms with van der Waals surface area (Å²) in [6.45, 7) is 3.09. The fraction of sp³-hybridized carbons (Fsp3) is 0.636. The quantitative estimate of drug-likeness (QED) is 0.519. The molecule has 2 rings (SSSR count). The Bertz CT molecular complexity index is 348. The summed E-state index contributed by atoms with van der Waals surface area (Å²) in [7, 11) is 0. The number of nitrogens with two attached hydrogens (primary N) is 1. The van der Waals surface area contributed by atoms with E-state index >= 15 is 0 Å². The SMILES string of the molecule is CCc1c(NN)ncnc1NCC1CCC1. The van der Waals surface area contributed by atoms with E-state index in [9.17, 15) is 0 Å². The van der Waals surface area contributed by atoms with Crippen molar-refractivity contribution in [1.82, 2.24) is 9.97 Å². The molecule has 0 radical (unpaired) electrons. The molecule has 1 fully saturated rings. The van der Waals surface area contributed by atoms with Crippen LogP contribution in [-0.4, -0.2) is 16.5 Å². The molecule has 0 unspecified atom stereocenters. The van der Waals surface area contributed by atoms with E-state index in [1.807, 2.05) is 0 Å². The average Bonchev–Trinajstić information content (AvgIpc) is 2.26. The van der Waals surface area contributed by atoms with Gasteiger partial charge in [-0.3, -0.25) is 0 Å². The third kappa shape index (κ3) is 2.24. The molecule has 1 heterocycles. The zero-order valence-electron chi connectivity index (χ0n) is 9.66. The molecule has 0 amide bonds. The van der Waals surface area contributed by atoms with E-state index in [-0.39, 0.29) is 0 Å². The normalized spacial score (nSPS) is 15.6. The minimum Gasteiger partial charge on any atom is -0.369 e. The van der Waals surface area contributed by atoms with Gasteiger partial charge in [0.15, 0.2) is 0 Å². The summed E-state index contributed by atoms with van der Waals surface area (Å²) in [6.07, 6.45) is 6.44. The number of nitrogens with zero attached hydrogens (tertiary/aromatic N) is 2. The van der Waals surface area contributed by atoms with Gasteiger partial charge in [0.25, 0.3) is 0 Å². The lowest BCUT2D eigenvalue weighted by atomic mass is 9.85. The summed E-state index contributed by atoms with van der Waals surface area (Å²) in [5, 5.41) is 3.39. The van der Waals surface area contributed by atoms with Crippen LogP contribution >= 0.6 is 0 Å². The monoisotopic (exact) mass is 221 g/mol. The smallest absolute Gasteiger partial charge is 0.148 e. The standard InChI is InChI=1S/C11H19N5/c1-2-9-10(13-6-8-4-3-5-8)14-7-15-11(9)16-12/h7-8H,2-6,12H2,1H3,(H2,13,14,15,16). The van der Waals surface area contributed by atoms with E-state index < -0.39 is 0 Å². The highest BCUT2D eigenvalue weighted by Gasteiger charge is 2.18. The van der Waals surface area contributed by atoms with E-state index in [4.69, 9.17) is 5.84 Å². The lowest BCUT2D eigenvalue weighted by Crippen LogP contribution is -2.22. The van der Waals surface area contributed by atoms with Crippen LogP contribution in [0, 0.1) is 5.92 Å². The first-order chi connectivity index (χ1) is 7.85. The maximum atomic E-state index is 5.42. The van der Waals surface area contributed by atoms with Crippen molar-refractivity contribution in [2.45, 2.75) is 32.6 Å². The van der Waals surface area contributed by atoms with Crippen molar-refractivity contribution in [2.75, 3.05) is 17.3 Å². The molecule has 0 spiro atoms. The van der Waals surface area contributed by atoms with Gasteiger partial charge < -0.3 is 10.7 Å². The Hall–Kier alpha value is -1.36. The Morgan fingerprint density at radius 3 is 2.69 bits per heavy atom. The van der Waals surface area contributed by atoms with E-state index in [0.29, 0.717) is 5.82 Å². The van der Waals surface area contributed by atoms with E-state index in [0.717, 1.165) is 30.3 Å². The Balaban J connectivity index is 2.05. The van der Waals surface area contributed by atoms with Crippen LogP contribution in [0.4, 0.5) is 11.6 Å². The first kappa shape index (κ1) is 11.1. The third-order valence-corrected chi connectivity index (χ3v) is 3.22. The molecule has 1 aliphatic carbocycles. The molecule has 4 N–H and O–H groups in total. The molecule has 5 nitrogen and oxygen atoms in total. The highest BCUT2D eigenvalue weighted by atomic mass is 15.3. The number of nitrogens with one attached hydrogen (secondary N) is 2. The van der Waals surface area contributed by atoms with Gasteiger partial charge in [-0.25, -0.2) is 15.8 Å². The lowest BCUT2D eigenvalue weighted by Gasteiger charge is -2.26. The van der Waals surface area contributed by atoms with Gasteiger partial charge in [0.2, 0.25) is 0 Å². The Labute approximate surface area is 95.8 Å². The molecule has 0 aliphatic heterocycles. The molecule has 1 aliphatic rings. The predicted molar refractivity (Wildman–Crippen MR) is 65.1 cm³/mol. The molecule has 88 valence electrons. The first-order valence-electron chi connectivity index (χ1n) is 5.89. The molecular formula is C11H19N5. The number of aromatic nitrogens is 2. The van der Waals surface area contributed by atoms with E-state index in [1.54, 1.807) is 0 Å². The van der Waals surface area contributed by atoms with Gasteiger partial charge in [-0.15, -0.1) is 0 Å². The average molecular weight is 221 g/mol. The zero-order valence-corrected chi connectivity index (χ0v) is 9.66. The number of hydrazine groups is 1. The van der Waals surface area contributed by atoms with Crippen LogP contribution in [0.1, 0.15) is 31.7 Å². The molecule has 0 aromatic carbocycles. The topological polar surface area (TPSA) is 75.9 Å². The van der Waals surface area contributed by atoms with Gasteiger partial charge in [0.1, 0.15) is 18.0 Å². The van der Waals surface area contributed by atoms with Gasteiger partial charge in [-0.05, 0) is 25.2 Å². The summed E-state index contributed by atoms with van der Waals surface area (Å²) in [6, 6.07) is 0. The summed E-state index contributed by atoms with van der Waals surface area (Å²) in [5.74, 6) is 7.86. The van der Waals surface area contributed by atoms with Gasteiger partial charge in [0.05, 0.1) is 0 Å². The van der Waals surface area contributed by atoms with Gasteiger partial charge in [0, 0.05) is 12.1 Å². The Morgan fingerprint density at radius 1 is 1.38 bits per heavy atom. The van der Waals surface area contributed by atoms with Crippen molar-refractivity contribution in [2.24, 2.45) is 11.8 Å². The van der Waals surface area contributed by atoms with Crippen LogP contribution in [-0.2, 0) is 6.42 Å². The lowest BCUT2D eigenvalue weighted by molar-refractivity contribution is 0.333. The summed E-state index contributed by atoms with van der Waals surface area (Å²) in [4.78, 5) is 8.37. The summed E-state index contributed by atoms with van der Waals surface area (Å²) < 4.78 is 0. The second-order valence-corrected chi connectivity index (χ2v) is 4.23. The molecule has 1 saturated carbocycles. The first-order valence-corrected chi connectivity index (χ1v) is 5.89. The molecule has 5 heteroatoms. The fourth-order valence-electron chi connectivity index (χ4n) is 1.96. The fourth-order valence-corrected chi connectivity index (χ4v) is 1.96. The number of hydrogen-bond donors (Lipinski definition) is 3. The summed E-state index contributed by atoms with van der Waals surface area (Å²) >= 11 is 0. The highest BCUT2D eigenvalue weighted by molar-refractivity contribution is 5.56. The Kier molecular flexibility index (Phi) is 3.56. The van der Waals surface area contributed by atoms with Crippen LogP contribution in [0.5, 0.6) is 0 Å². The molecule has 1 aromatic rings. The second-order valence-electron chi connectivity index (χ2n) is 4.23. The molecule has 0 saturated heterocycles. The number of nitrogen functional groups attached to an aromatic ring is 1. The third-order valence-electron chi connectivity index (χ3n) is 3.22. The molecule has 1 aromatic heterocycles. The minimum absolute atomic E-state index is 0.716. The van der Waals surface area contributed by atoms with Crippen molar-refractivity contribution in [1.29, 1.82) is 0 Å². The molecule has 16 heavy (non-hydrogen) atoms. The van der Waals surface area contributed by atoms with Crippen LogP contribution < -0.4 is 16.6 Å². The largest absolute Gasteiger partial charge is 0.369 e. The zero-order chi connectivity index (χ0) is 11.4. The van der Waals surface area contributed by atoms with Gasteiger partial charge >= 0.3 is 0 Å². The van der Waals surface area contributed by atoms with Crippen LogP contribution in [0.2, 0.25) is 0 Å². The number of hydrogen-bond acceptors (Lipinski definition) is 5. The van der Waals surface area contributed by atoms with Crippen molar-refractivity contribution in [3.63, 3.8) is 0 Å². The maximum Gasteiger partial charge on any atom is 0.148 e. The van der Waals surface area contributed by atoms with Crippen LogP contribution in [0.25, 0.3) is 0 Å². The number of anilines is 2. The minimum atomic E-state index is 0.716. The number of rotatable bonds is 5. The maximum absolute atomic E-state index is 5.42. The van der Waals surface area contributed by atoms with Crippen molar-refractivity contribution in [3.8, 4) is 0 Å². The van der Waals surface area contributed by atoms with Gasteiger partial charge in [-0.1, -0.05) is 13.3 Å². The molecular weight excluding hydrogens is 202 g/mol. The van der Waals surface area contributed by atoms with Gasteiger partial charge in [-0.2, -0.15) is 0 Å². The van der Waals surface area contributed by atoms with Crippen molar-refractivity contribution < 1.29 is 0 Å². The highest BCUT2D eigenvalue weighted by Crippen LogP contribution is 2.27. The van der Waals surface area contributed by atoms with Crippen molar-refractivity contribution >= 4 is 11.6 Å². The van der Waals surface area contributed by atoms with E-state index in [1.165, 1.54) is 25.6 Å². The van der Waals surface area contributed by atoms with E-state index in [2.05, 4.69) is 27.6 Å².